The third kappa shape index (κ3) is 2.32. The summed E-state index contributed by atoms with van der Waals surface area (Å²) in [6, 6.07) is 6.20. The van der Waals surface area contributed by atoms with Gasteiger partial charge in [0.1, 0.15) is 0 Å². The largest absolute Gasteiger partial charge is 0.359 e. The van der Waals surface area contributed by atoms with E-state index in [-0.39, 0.29) is 5.56 Å². The van der Waals surface area contributed by atoms with E-state index in [1.54, 1.807) is 6.07 Å². The van der Waals surface area contributed by atoms with Crippen molar-refractivity contribution in [2.24, 2.45) is 17.8 Å². The number of likely N-dealkylation sites (tertiary alicyclic amines) is 1. The topological polar surface area (TPSA) is 37.3 Å². The lowest BCUT2D eigenvalue weighted by molar-refractivity contribution is 0.176. The molecule has 126 valence electrons. The normalized spacial score (nSPS) is 35.8. The first-order valence-corrected chi connectivity index (χ1v) is 9.51. The molecule has 0 aromatic carbocycles. The highest BCUT2D eigenvalue weighted by atomic mass is 32.1. The molecule has 4 nitrogen and oxygen atoms in total. The van der Waals surface area contributed by atoms with Crippen LogP contribution in [-0.4, -0.2) is 33.7 Å². The summed E-state index contributed by atoms with van der Waals surface area (Å²) in [5.41, 5.74) is 1.33. The molecule has 4 bridgehead atoms. The van der Waals surface area contributed by atoms with Crippen molar-refractivity contribution in [3.63, 3.8) is 0 Å². The van der Waals surface area contributed by atoms with E-state index in [9.17, 15) is 4.79 Å². The molecule has 1 saturated heterocycles. The van der Waals surface area contributed by atoms with Crippen molar-refractivity contribution in [2.75, 3.05) is 13.1 Å². The number of thiocarbonyl (C=S) groups is 1. The first-order valence-electron chi connectivity index (χ1n) is 9.11. The van der Waals surface area contributed by atoms with Gasteiger partial charge in [0, 0.05) is 43.4 Å². The summed E-state index contributed by atoms with van der Waals surface area (Å²) in [5.74, 6) is 2.37. The highest BCUT2D eigenvalue weighted by Crippen LogP contribution is 2.39. The molecular weight excluding hydrogens is 318 g/mol. The molecule has 1 aromatic rings. The standard InChI is InChI=1S/C19H23N3OS/c23-18-3-1-2-17-15-7-13(10-22(17)18)9-21(11-15)19(24)20-16-8-12-4-5-14(16)6-12/h1-5,12-16H,6-11H2,(H,20,24)/t12?,13-,14?,15-,16?/m0/s1. The number of nitrogens with zero attached hydrogens (tertiary/aromatic N) is 2. The molecule has 3 unspecified atom stereocenters. The molecule has 0 radical (unpaired) electrons. The maximum atomic E-state index is 12.1. The summed E-state index contributed by atoms with van der Waals surface area (Å²) in [6.07, 6.45) is 8.43. The summed E-state index contributed by atoms with van der Waals surface area (Å²) in [7, 11) is 0. The van der Waals surface area contributed by atoms with Gasteiger partial charge in [-0.05, 0) is 55.3 Å². The third-order valence-corrected chi connectivity index (χ3v) is 6.73. The van der Waals surface area contributed by atoms with E-state index >= 15 is 0 Å². The first kappa shape index (κ1) is 14.7. The Balaban J connectivity index is 1.32. The predicted molar refractivity (Wildman–Crippen MR) is 98.0 cm³/mol. The highest BCUT2D eigenvalue weighted by Gasteiger charge is 2.38. The molecule has 5 heteroatoms. The van der Waals surface area contributed by atoms with Crippen LogP contribution in [0.4, 0.5) is 0 Å². The fourth-order valence-electron chi connectivity index (χ4n) is 5.26. The molecule has 3 heterocycles. The van der Waals surface area contributed by atoms with Crippen LogP contribution in [-0.2, 0) is 6.54 Å². The van der Waals surface area contributed by atoms with Gasteiger partial charge >= 0.3 is 0 Å². The van der Waals surface area contributed by atoms with Crippen LogP contribution in [0.15, 0.2) is 35.1 Å². The van der Waals surface area contributed by atoms with Gasteiger partial charge in [-0.3, -0.25) is 4.79 Å². The molecule has 2 fully saturated rings. The van der Waals surface area contributed by atoms with Gasteiger partial charge in [0.25, 0.3) is 5.56 Å². The summed E-state index contributed by atoms with van der Waals surface area (Å²) < 4.78 is 1.98. The van der Waals surface area contributed by atoms with E-state index in [4.69, 9.17) is 12.2 Å². The van der Waals surface area contributed by atoms with Crippen molar-refractivity contribution < 1.29 is 0 Å². The fraction of sp³-hybridized carbons (Fsp3) is 0.579. The number of fused-ring (bicyclic) bond motifs is 6. The van der Waals surface area contributed by atoms with Crippen LogP contribution in [0, 0.1) is 17.8 Å². The summed E-state index contributed by atoms with van der Waals surface area (Å²) >= 11 is 5.75. The van der Waals surface area contributed by atoms with Crippen LogP contribution in [0.3, 0.4) is 0 Å². The number of hydrogen-bond acceptors (Lipinski definition) is 2. The second kappa shape index (κ2) is 5.45. The van der Waals surface area contributed by atoms with Crippen LogP contribution in [0.5, 0.6) is 0 Å². The number of nitrogens with one attached hydrogen (secondary N) is 1. The first-order chi connectivity index (χ1) is 11.7. The van der Waals surface area contributed by atoms with Gasteiger partial charge in [-0.1, -0.05) is 18.2 Å². The lowest BCUT2D eigenvalue weighted by atomic mass is 9.83. The van der Waals surface area contributed by atoms with E-state index in [0.29, 0.717) is 23.8 Å². The Morgan fingerprint density at radius 2 is 2.04 bits per heavy atom. The number of aromatic nitrogens is 1. The van der Waals surface area contributed by atoms with E-state index in [1.165, 1.54) is 25.0 Å². The Morgan fingerprint density at radius 3 is 2.83 bits per heavy atom. The minimum absolute atomic E-state index is 0.144. The molecule has 1 aromatic heterocycles. The van der Waals surface area contributed by atoms with Gasteiger partial charge in [0.15, 0.2) is 5.11 Å². The average Bonchev–Trinajstić information content (AvgIpc) is 3.18. The summed E-state index contributed by atoms with van der Waals surface area (Å²) in [4.78, 5) is 14.5. The van der Waals surface area contributed by atoms with Crippen LogP contribution in [0.2, 0.25) is 0 Å². The van der Waals surface area contributed by atoms with Crippen molar-refractivity contribution >= 4 is 17.3 Å². The lowest BCUT2D eigenvalue weighted by Gasteiger charge is -2.44. The Morgan fingerprint density at radius 1 is 1.12 bits per heavy atom. The van der Waals surface area contributed by atoms with Crippen molar-refractivity contribution in [1.29, 1.82) is 0 Å². The number of hydrogen-bond donors (Lipinski definition) is 1. The van der Waals surface area contributed by atoms with Crippen LogP contribution in [0.25, 0.3) is 0 Å². The molecule has 0 spiro atoms. The fourth-order valence-corrected chi connectivity index (χ4v) is 5.56. The van der Waals surface area contributed by atoms with Crippen molar-refractivity contribution in [1.82, 2.24) is 14.8 Å². The molecule has 4 aliphatic rings. The SMILES string of the molecule is O=c1cccc2n1C[C@H]1C[C@H]2CN(C(=S)NC2CC3C=CC2C3)C1. The zero-order chi connectivity index (χ0) is 16.3. The van der Waals surface area contributed by atoms with Gasteiger partial charge in [0.05, 0.1) is 0 Å². The van der Waals surface area contributed by atoms with Gasteiger partial charge in [0.2, 0.25) is 0 Å². The molecule has 2 aliphatic carbocycles. The van der Waals surface area contributed by atoms with Crippen LogP contribution < -0.4 is 10.9 Å². The van der Waals surface area contributed by atoms with Crippen molar-refractivity contribution in [2.45, 2.75) is 37.8 Å². The molecular formula is C19H23N3OS. The molecule has 5 atom stereocenters. The van der Waals surface area contributed by atoms with Gasteiger partial charge < -0.3 is 14.8 Å². The maximum Gasteiger partial charge on any atom is 0.250 e. The van der Waals surface area contributed by atoms with E-state index in [2.05, 4.69) is 28.4 Å². The molecule has 1 saturated carbocycles. The molecule has 5 rings (SSSR count). The summed E-state index contributed by atoms with van der Waals surface area (Å²) in [5, 5.41) is 4.56. The zero-order valence-corrected chi connectivity index (χ0v) is 14.5. The Kier molecular flexibility index (Phi) is 3.34. The average molecular weight is 341 g/mol. The number of pyridine rings is 1. The van der Waals surface area contributed by atoms with Crippen LogP contribution in [0.1, 0.15) is 30.9 Å². The second-order valence-corrected chi connectivity index (χ2v) is 8.33. The predicted octanol–water partition coefficient (Wildman–Crippen LogP) is 2.11. The Hall–Kier alpha value is -1.62. The molecule has 0 amide bonds. The smallest absolute Gasteiger partial charge is 0.250 e. The minimum Gasteiger partial charge on any atom is -0.359 e. The Labute approximate surface area is 147 Å². The number of rotatable bonds is 1. The van der Waals surface area contributed by atoms with Crippen LogP contribution >= 0.6 is 12.2 Å². The quantitative estimate of drug-likeness (QED) is 0.627. The van der Waals surface area contributed by atoms with Crippen molar-refractivity contribution in [3.8, 4) is 0 Å². The van der Waals surface area contributed by atoms with Gasteiger partial charge in [-0.25, -0.2) is 0 Å². The second-order valence-electron chi connectivity index (χ2n) is 7.94. The molecule has 1 N–H and O–H groups in total. The maximum absolute atomic E-state index is 12.1. The molecule has 24 heavy (non-hydrogen) atoms. The monoisotopic (exact) mass is 341 g/mol. The third-order valence-electron chi connectivity index (χ3n) is 6.35. The van der Waals surface area contributed by atoms with Gasteiger partial charge in [-0.15, -0.1) is 0 Å². The van der Waals surface area contributed by atoms with Gasteiger partial charge in [-0.2, -0.15) is 0 Å². The summed E-state index contributed by atoms with van der Waals surface area (Å²) in [6.45, 7) is 2.74. The zero-order valence-electron chi connectivity index (χ0n) is 13.7. The van der Waals surface area contributed by atoms with Crippen molar-refractivity contribution in [3.05, 3.63) is 46.4 Å². The molecule has 2 aliphatic heterocycles. The highest BCUT2D eigenvalue weighted by molar-refractivity contribution is 7.80. The Bertz CT molecular complexity index is 770. The van der Waals surface area contributed by atoms with E-state index in [1.807, 2.05) is 10.6 Å². The lowest BCUT2D eigenvalue weighted by Crippen LogP contribution is -2.53. The number of piperidine rings is 1. The number of allylic oxidation sites excluding steroid dienone is 1. The van der Waals surface area contributed by atoms with E-state index in [0.717, 1.165) is 30.7 Å². The van der Waals surface area contributed by atoms with E-state index < -0.39 is 0 Å². The minimum atomic E-state index is 0.144.